The van der Waals surface area contributed by atoms with Crippen molar-refractivity contribution in [3.05, 3.63) is 41.4 Å². The van der Waals surface area contributed by atoms with Gasteiger partial charge in [0.05, 0.1) is 17.9 Å². The fraction of sp³-hybridized carbons (Fsp3) is 0.633. The van der Waals surface area contributed by atoms with E-state index in [1.54, 1.807) is 29.2 Å². The van der Waals surface area contributed by atoms with Crippen LogP contribution in [-0.2, 0) is 19.1 Å². The summed E-state index contributed by atoms with van der Waals surface area (Å²) in [5.74, 6) is -2.05. The van der Waals surface area contributed by atoms with E-state index >= 15 is 0 Å². The predicted octanol–water partition coefficient (Wildman–Crippen LogP) is 3.75. The van der Waals surface area contributed by atoms with Crippen LogP contribution in [-0.4, -0.2) is 77.5 Å². The second-order valence-electron chi connectivity index (χ2n) is 11.8. The minimum absolute atomic E-state index is 0.119. The van der Waals surface area contributed by atoms with E-state index in [1.807, 2.05) is 12.2 Å². The zero-order valence-electron chi connectivity index (χ0n) is 22.4. The van der Waals surface area contributed by atoms with Gasteiger partial charge in [0.15, 0.2) is 0 Å². The molecule has 2 bridgehead atoms. The Kier molecular flexibility index (Phi) is 7.71. The summed E-state index contributed by atoms with van der Waals surface area (Å²) in [6.07, 6.45) is 13.3. The molecule has 1 aromatic carbocycles. The molecule has 4 heterocycles. The van der Waals surface area contributed by atoms with Crippen LogP contribution in [0.15, 0.2) is 36.4 Å². The van der Waals surface area contributed by atoms with Gasteiger partial charge in [-0.2, -0.15) is 0 Å². The number of ether oxygens (including phenoxy) is 1. The SMILES string of the molecule is O=C(Nc1cccc(Cl)c1)C1[C@@H]2C=CC3(O2)C(C(=O)NC2CCCCC2)N(CCN2CCCCCC2)C(=O)[C@H]13. The molecule has 5 atom stereocenters. The van der Waals surface area contributed by atoms with E-state index in [9.17, 15) is 14.4 Å². The summed E-state index contributed by atoms with van der Waals surface area (Å²) in [6.45, 7) is 3.19. The Labute approximate surface area is 235 Å². The van der Waals surface area contributed by atoms with E-state index in [0.717, 1.165) is 51.6 Å². The summed E-state index contributed by atoms with van der Waals surface area (Å²) in [5, 5.41) is 6.72. The second kappa shape index (κ2) is 11.2. The number of hydrogen-bond acceptors (Lipinski definition) is 5. The molecule has 1 spiro atoms. The van der Waals surface area contributed by atoms with Gasteiger partial charge in [-0.3, -0.25) is 14.4 Å². The van der Waals surface area contributed by atoms with Gasteiger partial charge in [-0.05, 0) is 57.0 Å². The fourth-order valence-corrected chi connectivity index (χ4v) is 7.63. The quantitative estimate of drug-likeness (QED) is 0.501. The minimum atomic E-state index is -1.13. The van der Waals surface area contributed by atoms with Crippen molar-refractivity contribution in [1.29, 1.82) is 0 Å². The molecule has 39 heavy (non-hydrogen) atoms. The van der Waals surface area contributed by atoms with Gasteiger partial charge in [-0.15, -0.1) is 0 Å². The monoisotopic (exact) mass is 554 g/mol. The van der Waals surface area contributed by atoms with E-state index < -0.39 is 29.6 Å². The molecule has 3 saturated heterocycles. The number of halogens is 1. The third-order valence-corrected chi connectivity index (χ3v) is 9.56. The van der Waals surface area contributed by atoms with Crippen LogP contribution in [0.5, 0.6) is 0 Å². The van der Waals surface area contributed by atoms with Gasteiger partial charge in [-0.25, -0.2) is 0 Å². The Morgan fingerprint density at radius 2 is 1.74 bits per heavy atom. The van der Waals surface area contributed by atoms with Gasteiger partial charge in [0.2, 0.25) is 17.7 Å². The average molecular weight is 555 g/mol. The Balaban J connectivity index is 1.26. The largest absolute Gasteiger partial charge is 0.359 e. The molecule has 8 nitrogen and oxygen atoms in total. The van der Waals surface area contributed by atoms with Crippen molar-refractivity contribution in [2.24, 2.45) is 11.8 Å². The number of hydrogen-bond donors (Lipinski definition) is 2. The van der Waals surface area contributed by atoms with E-state index in [0.29, 0.717) is 23.8 Å². The standard InChI is InChI=1S/C30H39ClN4O4/c31-20-9-8-12-22(19-20)33-27(36)24-23-13-14-30(39-23)25(24)29(38)35(18-17-34-15-6-1-2-7-16-34)26(30)28(37)32-21-10-4-3-5-11-21/h8-9,12-14,19,21,23-26H,1-7,10-11,15-18H2,(H,32,37)(H,33,36)/t23-,24?,25-,26?,30?/m0/s1. The number of fused-ring (bicyclic) bond motifs is 1. The fourth-order valence-electron chi connectivity index (χ4n) is 7.44. The number of carbonyl (C=O) groups is 3. The first-order chi connectivity index (χ1) is 19.0. The minimum Gasteiger partial charge on any atom is -0.359 e. The van der Waals surface area contributed by atoms with Gasteiger partial charge >= 0.3 is 0 Å². The van der Waals surface area contributed by atoms with Crippen molar-refractivity contribution >= 4 is 35.0 Å². The summed E-state index contributed by atoms with van der Waals surface area (Å²) >= 11 is 6.13. The van der Waals surface area contributed by atoms with E-state index in [2.05, 4.69) is 15.5 Å². The number of nitrogens with one attached hydrogen (secondary N) is 2. The Bertz CT molecular complexity index is 1130. The summed E-state index contributed by atoms with van der Waals surface area (Å²) in [6, 6.07) is 6.31. The number of likely N-dealkylation sites (tertiary alicyclic amines) is 2. The lowest BCUT2D eigenvalue weighted by Crippen LogP contribution is -2.57. The lowest BCUT2D eigenvalue weighted by molar-refractivity contribution is -0.141. The van der Waals surface area contributed by atoms with Crippen molar-refractivity contribution in [1.82, 2.24) is 15.1 Å². The summed E-state index contributed by atoms with van der Waals surface area (Å²) in [7, 11) is 0. The van der Waals surface area contributed by atoms with Crippen LogP contribution in [0.4, 0.5) is 5.69 Å². The number of carbonyl (C=O) groups excluding carboxylic acids is 3. The molecule has 9 heteroatoms. The van der Waals surface area contributed by atoms with Crippen LogP contribution in [0.1, 0.15) is 57.8 Å². The third kappa shape index (κ3) is 5.11. The van der Waals surface area contributed by atoms with Crippen molar-refractivity contribution in [2.75, 3.05) is 31.5 Å². The topological polar surface area (TPSA) is 91.0 Å². The highest BCUT2D eigenvalue weighted by molar-refractivity contribution is 6.30. The summed E-state index contributed by atoms with van der Waals surface area (Å²) in [4.78, 5) is 45.8. The van der Waals surface area contributed by atoms with Crippen molar-refractivity contribution < 1.29 is 19.1 Å². The molecule has 1 aromatic rings. The van der Waals surface area contributed by atoms with Crippen LogP contribution < -0.4 is 10.6 Å². The average Bonchev–Trinajstić information content (AvgIpc) is 3.47. The summed E-state index contributed by atoms with van der Waals surface area (Å²) in [5.41, 5.74) is -0.557. The van der Waals surface area contributed by atoms with Crippen LogP contribution in [0.25, 0.3) is 0 Å². The van der Waals surface area contributed by atoms with Gasteiger partial charge in [0.1, 0.15) is 11.6 Å². The van der Waals surface area contributed by atoms with Crippen molar-refractivity contribution in [3.63, 3.8) is 0 Å². The van der Waals surface area contributed by atoms with E-state index in [1.165, 1.54) is 19.3 Å². The highest BCUT2D eigenvalue weighted by Crippen LogP contribution is 2.55. The first kappa shape index (κ1) is 26.8. The molecule has 6 rings (SSSR count). The smallest absolute Gasteiger partial charge is 0.246 e. The molecular formula is C30H39ClN4O4. The number of rotatable bonds is 7. The highest BCUT2D eigenvalue weighted by Gasteiger charge is 2.72. The Morgan fingerprint density at radius 1 is 1.00 bits per heavy atom. The third-order valence-electron chi connectivity index (χ3n) is 9.32. The lowest BCUT2D eigenvalue weighted by Gasteiger charge is -2.35. The number of benzene rings is 1. The van der Waals surface area contributed by atoms with Crippen LogP contribution in [0, 0.1) is 11.8 Å². The molecule has 3 unspecified atom stereocenters. The maximum atomic E-state index is 14.2. The number of nitrogens with zero attached hydrogens (tertiary/aromatic N) is 2. The molecule has 4 aliphatic heterocycles. The molecule has 0 radical (unpaired) electrons. The van der Waals surface area contributed by atoms with Gasteiger partial charge in [0.25, 0.3) is 0 Å². The maximum absolute atomic E-state index is 14.2. The zero-order valence-corrected chi connectivity index (χ0v) is 23.2. The second-order valence-corrected chi connectivity index (χ2v) is 12.3. The highest BCUT2D eigenvalue weighted by atomic mass is 35.5. The molecule has 0 aromatic heterocycles. The predicted molar refractivity (Wildman–Crippen MR) is 149 cm³/mol. The van der Waals surface area contributed by atoms with Gasteiger partial charge in [-0.1, -0.05) is 61.9 Å². The van der Waals surface area contributed by atoms with E-state index in [-0.39, 0.29) is 23.8 Å². The molecular weight excluding hydrogens is 516 g/mol. The molecule has 3 amide bonds. The molecule has 5 aliphatic rings. The van der Waals surface area contributed by atoms with E-state index in [4.69, 9.17) is 16.3 Å². The first-order valence-electron chi connectivity index (χ1n) is 14.7. The van der Waals surface area contributed by atoms with Crippen LogP contribution >= 0.6 is 11.6 Å². The summed E-state index contributed by atoms with van der Waals surface area (Å²) < 4.78 is 6.48. The zero-order chi connectivity index (χ0) is 27.0. The van der Waals surface area contributed by atoms with Crippen molar-refractivity contribution in [2.45, 2.75) is 81.6 Å². The van der Waals surface area contributed by atoms with Gasteiger partial charge < -0.3 is 25.2 Å². The molecule has 1 aliphatic carbocycles. The number of amides is 3. The van der Waals surface area contributed by atoms with Crippen LogP contribution in [0.3, 0.4) is 0 Å². The lowest BCUT2D eigenvalue weighted by atomic mass is 9.74. The van der Waals surface area contributed by atoms with Crippen LogP contribution in [0.2, 0.25) is 5.02 Å². The van der Waals surface area contributed by atoms with Gasteiger partial charge in [0, 0.05) is 29.8 Å². The Morgan fingerprint density at radius 3 is 2.49 bits per heavy atom. The molecule has 2 N–H and O–H groups in total. The molecule has 1 saturated carbocycles. The first-order valence-corrected chi connectivity index (χ1v) is 15.1. The molecule has 4 fully saturated rings. The number of anilines is 1. The normalized spacial score (nSPS) is 32.7. The van der Waals surface area contributed by atoms with Crippen molar-refractivity contribution in [3.8, 4) is 0 Å². The molecule has 210 valence electrons. The Hall–Kier alpha value is -2.42. The maximum Gasteiger partial charge on any atom is 0.246 e.